The maximum Gasteiger partial charge on any atom is 0.315 e. The van der Waals surface area contributed by atoms with Gasteiger partial charge in [-0.05, 0) is 37.5 Å². The monoisotopic (exact) mass is 298 g/mol. The smallest absolute Gasteiger partial charge is 0.315 e. The summed E-state index contributed by atoms with van der Waals surface area (Å²) in [7, 11) is 0. The molecule has 3 unspecified atom stereocenters. The van der Waals surface area contributed by atoms with E-state index in [1.165, 1.54) is 6.42 Å². The molecule has 0 bridgehead atoms. The van der Waals surface area contributed by atoms with Crippen molar-refractivity contribution in [3.8, 4) is 0 Å². The van der Waals surface area contributed by atoms with E-state index in [0.29, 0.717) is 12.3 Å². The molecule has 21 heavy (non-hydrogen) atoms. The van der Waals surface area contributed by atoms with Crippen molar-refractivity contribution in [1.82, 2.24) is 10.6 Å². The number of hydrogen-bond donors (Lipinski definition) is 3. The second-order valence-corrected chi connectivity index (χ2v) is 6.83. The van der Waals surface area contributed by atoms with Crippen LogP contribution >= 0.6 is 0 Å². The molecule has 0 aromatic rings. The van der Waals surface area contributed by atoms with Gasteiger partial charge in [0.05, 0.1) is 5.92 Å². The number of rotatable bonds is 6. The number of carbonyl (C=O) groups is 2. The number of hydrogen-bond acceptors (Lipinski definition) is 2. The summed E-state index contributed by atoms with van der Waals surface area (Å²) in [5, 5.41) is 14.9. The lowest BCUT2D eigenvalue weighted by Gasteiger charge is -2.19. The van der Waals surface area contributed by atoms with Gasteiger partial charge in [0.25, 0.3) is 0 Å². The van der Waals surface area contributed by atoms with Crippen molar-refractivity contribution in [2.24, 2.45) is 17.8 Å². The van der Waals surface area contributed by atoms with Crippen LogP contribution in [0.1, 0.15) is 59.3 Å². The summed E-state index contributed by atoms with van der Waals surface area (Å²) in [6.07, 6.45) is 6.15. The van der Waals surface area contributed by atoms with Gasteiger partial charge in [0.1, 0.15) is 0 Å². The summed E-state index contributed by atoms with van der Waals surface area (Å²) in [5.41, 5.74) is 0. The van der Waals surface area contributed by atoms with Crippen LogP contribution in [0.2, 0.25) is 0 Å². The molecule has 0 radical (unpaired) electrons. The highest BCUT2D eigenvalue weighted by molar-refractivity contribution is 5.76. The highest BCUT2D eigenvalue weighted by atomic mass is 16.4. The highest BCUT2D eigenvalue weighted by Crippen LogP contribution is 2.22. The molecule has 1 saturated carbocycles. The fraction of sp³-hybridized carbons (Fsp3) is 0.875. The Bertz CT molecular complexity index is 344. The summed E-state index contributed by atoms with van der Waals surface area (Å²) in [4.78, 5) is 23.1. The Morgan fingerprint density at radius 3 is 2.52 bits per heavy atom. The Morgan fingerprint density at radius 1 is 1.19 bits per heavy atom. The fourth-order valence-electron chi connectivity index (χ4n) is 2.92. The third kappa shape index (κ3) is 7.34. The van der Waals surface area contributed by atoms with E-state index >= 15 is 0 Å². The van der Waals surface area contributed by atoms with Gasteiger partial charge in [0, 0.05) is 12.6 Å². The molecule has 0 aliphatic heterocycles. The minimum absolute atomic E-state index is 0.197. The zero-order valence-electron chi connectivity index (χ0n) is 13.5. The van der Waals surface area contributed by atoms with E-state index in [9.17, 15) is 9.59 Å². The van der Waals surface area contributed by atoms with Crippen LogP contribution in [0.5, 0.6) is 0 Å². The predicted molar refractivity (Wildman–Crippen MR) is 83.2 cm³/mol. The summed E-state index contributed by atoms with van der Waals surface area (Å²) in [5.74, 6) is -0.307. The molecule has 122 valence electrons. The van der Waals surface area contributed by atoms with Gasteiger partial charge >= 0.3 is 12.0 Å². The van der Waals surface area contributed by atoms with Crippen molar-refractivity contribution in [2.45, 2.75) is 65.3 Å². The highest BCUT2D eigenvalue weighted by Gasteiger charge is 2.21. The fourth-order valence-corrected chi connectivity index (χ4v) is 2.92. The van der Waals surface area contributed by atoms with Gasteiger partial charge in [-0.2, -0.15) is 0 Å². The van der Waals surface area contributed by atoms with Crippen molar-refractivity contribution in [1.29, 1.82) is 0 Å². The molecule has 1 aliphatic rings. The number of amides is 2. The third-order valence-electron chi connectivity index (χ3n) is 4.21. The molecular weight excluding hydrogens is 268 g/mol. The molecule has 0 aromatic carbocycles. The van der Waals surface area contributed by atoms with E-state index < -0.39 is 11.9 Å². The molecule has 0 heterocycles. The van der Waals surface area contributed by atoms with Crippen molar-refractivity contribution < 1.29 is 14.7 Å². The van der Waals surface area contributed by atoms with Crippen LogP contribution in [0.3, 0.4) is 0 Å². The topological polar surface area (TPSA) is 78.4 Å². The molecule has 1 rings (SSSR count). The first-order chi connectivity index (χ1) is 9.88. The molecule has 3 atom stereocenters. The molecule has 1 fully saturated rings. The first-order valence-electron chi connectivity index (χ1n) is 8.15. The van der Waals surface area contributed by atoms with Crippen LogP contribution in [0.4, 0.5) is 4.79 Å². The quantitative estimate of drug-likeness (QED) is 0.660. The SMILES string of the molecule is CC(C)CC(CNC(=O)NC1CCCC(C)CC1)C(=O)O. The number of carbonyl (C=O) groups excluding carboxylic acids is 1. The minimum Gasteiger partial charge on any atom is -0.481 e. The molecule has 5 heteroatoms. The Labute approximate surface area is 127 Å². The first-order valence-corrected chi connectivity index (χ1v) is 8.15. The van der Waals surface area contributed by atoms with E-state index in [1.807, 2.05) is 13.8 Å². The van der Waals surface area contributed by atoms with Crippen molar-refractivity contribution in [3.63, 3.8) is 0 Å². The van der Waals surface area contributed by atoms with Gasteiger partial charge in [-0.15, -0.1) is 0 Å². The standard InChI is InChI=1S/C16H30N2O3/c1-11(2)9-13(15(19)20)10-17-16(21)18-14-6-4-5-12(3)7-8-14/h11-14H,4-10H2,1-3H3,(H,19,20)(H2,17,18,21). The number of carboxylic acid groups (broad SMARTS) is 1. The Kier molecular flexibility index (Phi) is 7.54. The van der Waals surface area contributed by atoms with Crippen LogP contribution < -0.4 is 10.6 Å². The Morgan fingerprint density at radius 2 is 1.90 bits per heavy atom. The zero-order valence-corrected chi connectivity index (χ0v) is 13.5. The zero-order chi connectivity index (χ0) is 15.8. The van der Waals surface area contributed by atoms with Crippen LogP contribution in [0.25, 0.3) is 0 Å². The molecule has 0 aromatic heterocycles. The van der Waals surface area contributed by atoms with E-state index in [4.69, 9.17) is 5.11 Å². The molecule has 0 saturated heterocycles. The van der Waals surface area contributed by atoms with Gasteiger partial charge in [0.2, 0.25) is 0 Å². The molecule has 5 nitrogen and oxygen atoms in total. The lowest BCUT2D eigenvalue weighted by atomic mass is 9.97. The number of urea groups is 1. The van der Waals surface area contributed by atoms with Gasteiger partial charge in [-0.25, -0.2) is 4.79 Å². The minimum atomic E-state index is -0.840. The van der Waals surface area contributed by atoms with E-state index in [0.717, 1.165) is 31.6 Å². The van der Waals surface area contributed by atoms with Crippen molar-refractivity contribution in [2.75, 3.05) is 6.54 Å². The average Bonchev–Trinajstić information content (AvgIpc) is 2.59. The molecule has 3 N–H and O–H groups in total. The normalized spacial score (nSPS) is 24.2. The largest absolute Gasteiger partial charge is 0.481 e. The van der Waals surface area contributed by atoms with Crippen molar-refractivity contribution >= 4 is 12.0 Å². The summed E-state index contributed by atoms with van der Waals surface area (Å²) in [6.45, 7) is 6.43. The number of carboxylic acids is 1. The van der Waals surface area contributed by atoms with Crippen molar-refractivity contribution in [3.05, 3.63) is 0 Å². The van der Waals surface area contributed by atoms with E-state index in [1.54, 1.807) is 0 Å². The Hall–Kier alpha value is -1.26. The molecule has 0 spiro atoms. The van der Waals surface area contributed by atoms with Crippen LogP contribution in [-0.4, -0.2) is 29.7 Å². The van der Waals surface area contributed by atoms with Crippen LogP contribution in [0, 0.1) is 17.8 Å². The molecule has 2 amide bonds. The maximum atomic E-state index is 11.9. The second kappa shape index (κ2) is 8.90. The number of nitrogens with one attached hydrogen (secondary N) is 2. The lowest BCUT2D eigenvalue weighted by Crippen LogP contribution is -2.44. The predicted octanol–water partition coefficient (Wildman–Crippen LogP) is 3.00. The summed E-state index contributed by atoms with van der Waals surface area (Å²) >= 11 is 0. The first kappa shape index (κ1) is 17.8. The van der Waals surface area contributed by atoms with E-state index in [-0.39, 0.29) is 18.6 Å². The summed E-state index contributed by atoms with van der Waals surface area (Å²) < 4.78 is 0. The average molecular weight is 298 g/mol. The molecule has 1 aliphatic carbocycles. The van der Waals surface area contributed by atoms with Gasteiger partial charge < -0.3 is 15.7 Å². The third-order valence-corrected chi connectivity index (χ3v) is 4.21. The van der Waals surface area contributed by atoms with Gasteiger partial charge in [-0.3, -0.25) is 4.79 Å². The van der Waals surface area contributed by atoms with Crippen LogP contribution in [0.15, 0.2) is 0 Å². The second-order valence-electron chi connectivity index (χ2n) is 6.83. The number of aliphatic carboxylic acids is 1. The van der Waals surface area contributed by atoms with E-state index in [2.05, 4.69) is 17.6 Å². The Balaban J connectivity index is 2.33. The van der Waals surface area contributed by atoms with Gasteiger partial charge in [-0.1, -0.05) is 33.6 Å². The maximum absolute atomic E-state index is 11.9. The van der Waals surface area contributed by atoms with Crippen LogP contribution in [-0.2, 0) is 4.79 Å². The van der Waals surface area contributed by atoms with Gasteiger partial charge in [0.15, 0.2) is 0 Å². The lowest BCUT2D eigenvalue weighted by molar-refractivity contribution is -0.142. The summed E-state index contributed by atoms with van der Waals surface area (Å²) in [6, 6.07) is -0.00659. The molecular formula is C16H30N2O3.